The number of ether oxygens (including phenoxy) is 1. The van der Waals surface area contributed by atoms with E-state index in [9.17, 15) is 4.79 Å². The highest BCUT2D eigenvalue weighted by Gasteiger charge is 2.15. The van der Waals surface area contributed by atoms with Crippen molar-refractivity contribution in [2.24, 2.45) is 5.92 Å². The lowest BCUT2D eigenvalue weighted by molar-refractivity contribution is -0.126. The van der Waals surface area contributed by atoms with Gasteiger partial charge in [0.05, 0.1) is 10.6 Å². The van der Waals surface area contributed by atoms with Crippen molar-refractivity contribution >= 4 is 23.1 Å². The summed E-state index contributed by atoms with van der Waals surface area (Å²) >= 11 is 1.68. The molecule has 2 N–H and O–H groups in total. The molecule has 120 valence electrons. The van der Waals surface area contributed by atoms with Gasteiger partial charge in [-0.3, -0.25) is 9.89 Å². The van der Waals surface area contributed by atoms with Gasteiger partial charge in [0.2, 0.25) is 0 Å². The average molecular weight is 321 g/mol. The molecule has 2 heterocycles. The Balaban J connectivity index is 1.88. The molecule has 6 heteroatoms. The molecule has 0 bridgehead atoms. The van der Waals surface area contributed by atoms with E-state index < -0.39 is 6.10 Å². The van der Waals surface area contributed by atoms with Crippen molar-refractivity contribution in [1.29, 1.82) is 0 Å². The number of aromatic amines is 1. The van der Waals surface area contributed by atoms with Gasteiger partial charge in [0, 0.05) is 17.6 Å². The van der Waals surface area contributed by atoms with Crippen LogP contribution in [0.15, 0.2) is 18.2 Å². The van der Waals surface area contributed by atoms with Crippen LogP contribution in [0.3, 0.4) is 0 Å². The molecular formula is C16H23N3O2S. The van der Waals surface area contributed by atoms with Gasteiger partial charge in [-0.05, 0) is 38.3 Å². The number of rotatable bonds is 7. The number of nitrogens with one attached hydrogen (secondary N) is 2. The number of carbonyl (C=O) groups excluding carboxylic acids is 1. The van der Waals surface area contributed by atoms with Crippen LogP contribution in [-0.2, 0) is 9.53 Å². The van der Waals surface area contributed by atoms with Crippen molar-refractivity contribution in [2.45, 2.75) is 40.2 Å². The largest absolute Gasteiger partial charge is 0.369 e. The minimum Gasteiger partial charge on any atom is -0.369 e. The second-order valence-electron chi connectivity index (χ2n) is 5.76. The topological polar surface area (TPSA) is 67.0 Å². The van der Waals surface area contributed by atoms with Gasteiger partial charge < -0.3 is 10.1 Å². The van der Waals surface area contributed by atoms with Gasteiger partial charge in [0.1, 0.15) is 6.10 Å². The second-order valence-corrected chi connectivity index (χ2v) is 7.05. The maximum Gasteiger partial charge on any atom is 0.254 e. The molecule has 22 heavy (non-hydrogen) atoms. The van der Waals surface area contributed by atoms with E-state index in [1.54, 1.807) is 18.3 Å². The predicted molar refractivity (Wildman–Crippen MR) is 90.1 cm³/mol. The van der Waals surface area contributed by atoms with Crippen molar-refractivity contribution in [3.05, 3.63) is 23.1 Å². The van der Waals surface area contributed by atoms with Crippen LogP contribution in [0, 0.1) is 12.8 Å². The lowest BCUT2D eigenvalue weighted by atomic mass is 10.1. The van der Waals surface area contributed by atoms with Crippen LogP contribution in [0.5, 0.6) is 0 Å². The predicted octanol–water partition coefficient (Wildman–Crippen LogP) is 3.84. The van der Waals surface area contributed by atoms with Gasteiger partial charge in [0.15, 0.2) is 5.82 Å². The molecule has 1 unspecified atom stereocenters. The van der Waals surface area contributed by atoms with E-state index in [1.165, 1.54) is 4.88 Å². The van der Waals surface area contributed by atoms with Gasteiger partial charge in [-0.2, -0.15) is 5.10 Å². The molecule has 2 aromatic rings. The van der Waals surface area contributed by atoms with Gasteiger partial charge in [0.25, 0.3) is 5.91 Å². The highest BCUT2D eigenvalue weighted by molar-refractivity contribution is 7.15. The number of hydrogen-bond acceptors (Lipinski definition) is 4. The van der Waals surface area contributed by atoms with E-state index in [2.05, 4.69) is 42.4 Å². The van der Waals surface area contributed by atoms with E-state index in [0.29, 0.717) is 18.3 Å². The minimum atomic E-state index is -0.483. The first-order valence-electron chi connectivity index (χ1n) is 7.50. The molecule has 1 atom stereocenters. The summed E-state index contributed by atoms with van der Waals surface area (Å²) < 4.78 is 5.53. The summed E-state index contributed by atoms with van der Waals surface area (Å²) in [5.74, 6) is 0.910. The van der Waals surface area contributed by atoms with Crippen molar-refractivity contribution in [3.8, 4) is 10.6 Å². The Morgan fingerprint density at radius 2 is 2.18 bits per heavy atom. The van der Waals surface area contributed by atoms with Gasteiger partial charge >= 0.3 is 0 Å². The lowest BCUT2D eigenvalue weighted by Crippen LogP contribution is -2.28. The normalized spacial score (nSPS) is 12.6. The highest BCUT2D eigenvalue weighted by Crippen LogP contribution is 2.27. The molecule has 2 rings (SSSR count). The number of nitrogens with zero attached hydrogens (tertiary/aromatic N) is 1. The van der Waals surface area contributed by atoms with E-state index in [1.807, 2.05) is 12.1 Å². The van der Waals surface area contributed by atoms with E-state index >= 15 is 0 Å². The molecule has 0 saturated heterocycles. The Bertz CT molecular complexity index is 618. The SMILES string of the molecule is Cc1ccc(-c2cc(NC(=O)C(C)OCCC(C)C)n[nH]2)s1. The van der Waals surface area contributed by atoms with Crippen molar-refractivity contribution in [2.75, 3.05) is 11.9 Å². The molecular weight excluding hydrogens is 298 g/mol. The number of thiophene rings is 1. The molecule has 5 nitrogen and oxygen atoms in total. The number of amides is 1. The molecule has 0 aromatic carbocycles. The minimum absolute atomic E-state index is 0.177. The smallest absolute Gasteiger partial charge is 0.254 e. The first-order valence-corrected chi connectivity index (χ1v) is 8.32. The summed E-state index contributed by atoms with van der Waals surface area (Å²) in [4.78, 5) is 14.4. The Morgan fingerprint density at radius 1 is 1.41 bits per heavy atom. The van der Waals surface area contributed by atoms with Crippen molar-refractivity contribution in [3.63, 3.8) is 0 Å². The highest BCUT2D eigenvalue weighted by atomic mass is 32.1. The third-order valence-corrected chi connectivity index (χ3v) is 4.30. The van der Waals surface area contributed by atoms with Crippen LogP contribution in [-0.4, -0.2) is 28.8 Å². The van der Waals surface area contributed by atoms with Gasteiger partial charge in [-0.15, -0.1) is 11.3 Å². The summed E-state index contributed by atoms with van der Waals surface area (Å²) in [5.41, 5.74) is 0.904. The quantitative estimate of drug-likeness (QED) is 0.814. The summed E-state index contributed by atoms with van der Waals surface area (Å²) in [5, 5.41) is 9.84. The third-order valence-electron chi connectivity index (χ3n) is 3.27. The van der Waals surface area contributed by atoms with Crippen molar-refractivity contribution in [1.82, 2.24) is 10.2 Å². The number of carbonyl (C=O) groups is 1. The van der Waals surface area contributed by atoms with Crippen LogP contribution in [0.1, 0.15) is 32.1 Å². The van der Waals surface area contributed by atoms with Gasteiger partial charge in [-0.25, -0.2) is 0 Å². The zero-order valence-electron chi connectivity index (χ0n) is 13.5. The Labute approximate surface area is 135 Å². The van der Waals surface area contributed by atoms with Crippen LogP contribution in [0.4, 0.5) is 5.82 Å². The molecule has 2 aromatic heterocycles. The number of anilines is 1. The number of hydrogen-bond donors (Lipinski definition) is 2. The molecule has 0 spiro atoms. The van der Waals surface area contributed by atoms with Crippen molar-refractivity contribution < 1.29 is 9.53 Å². The fourth-order valence-electron chi connectivity index (χ4n) is 1.88. The van der Waals surface area contributed by atoms with Crippen LogP contribution in [0.2, 0.25) is 0 Å². The summed E-state index contributed by atoms with van der Waals surface area (Å²) in [6.07, 6.45) is 0.463. The Morgan fingerprint density at radius 3 is 2.82 bits per heavy atom. The maximum absolute atomic E-state index is 12.1. The summed E-state index contributed by atoms with van der Waals surface area (Å²) in [6, 6.07) is 5.94. The average Bonchev–Trinajstić information content (AvgIpc) is 3.07. The molecule has 0 fully saturated rings. The fourth-order valence-corrected chi connectivity index (χ4v) is 2.71. The second kappa shape index (κ2) is 7.56. The molecule has 0 aliphatic heterocycles. The third kappa shape index (κ3) is 4.68. The van der Waals surface area contributed by atoms with Gasteiger partial charge in [-0.1, -0.05) is 13.8 Å². The fraction of sp³-hybridized carbons (Fsp3) is 0.500. The monoisotopic (exact) mass is 321 g/mol. The van der Waals surface area contributed by atoms with E-state index in [4.69, 9.17) is 4.74 Å². The summed E-state index contributed by atoms with van der Waals surface area (Å²) in [6.45, 7) is 8.67. The first-order chi connectivity index (χ1) is 10.5. The number of aryl methyl sites for hydroxylation is 1. The lowest BCUT2D eigenvalue weighted by Gasteiger charge is -2.13. The molecule has 1 amide bonds. The Kier molecular flexibility index (Phi) is 5.74. The standard InChI is InChI=1S/C16H23N3O2S/c1-10(2)7-8-21-12(4)16(20)17-15-9-13(18-19-15)14-6-5-11(3)22-14/h5-6,9-10,12H,7-8H2,1-4H3,(H2,17,18,19,20). The molecule has 0 radical (unpaired) electrons. The van der Waals surface area contributed by atoms with Crippen LogP contribution < -0.4 is 5.32 Å². The number of H-pyrrole nitrogens is 1. The van der Waals surface area contributed by atoms with E-state index in [-0.39, 0.29) is 5.91 Å². The Hall–Kier alpha value is -1.66. The number of aromatic nitrogens is 2. The maximum atomic E-state index is 12.1. The van der Waals surface area contributed by atoms with E-state index in [0.717, 1.165) is 17.0 Å². The zero-order valence-corrected chi connectivity index (χ0v) is 14.3. The first kappa shape index (κ1) is 16.7. The van der Waals surface area contributed by atoms with Crippen LogP contribution in [0.25, 0.3) is 10.6 Å². The zero-order chi connectivity index (χ0) is 16.1. The molecule has 0 aliphatic carbocycles. The molecule has 0 aliphatic rings. The molecule has 0 saturated carbocycles. The summed E-state index contributed by atoms with van der Waals surface area (Å²) in [7, 11) is 0. The van der Waals surface area contributed by atoms with Crippen LogP contribution >= 0.6 is 11.3 Å².